The van der Waals surface area contributed by atoms with Gasteiger partial charge in [-0.05, 0) is 13.3 Å². The highest BCUT2D eigenvalue weighted by molar-refractivity contribution is 5.43. The van der Waals surface area contributed by atoms with Gasteiger partial charge in [-0.3, -0.25) is 0 Å². The number of aliphatic hydroxyl groups excluding tert-OH is 1. The maximum Gasteiger partial charge on any atom is 0.231 e. The Hall–Kier alpha value is -1.63. The average Bonchev–Trinajstić information content (AvgIpc) is 2.35. The molecule has 7 nitrogen and oxygen atoms in total. The second-order valence-electron chi connectivity index (χ2n) is 4.33. The van der Waals surface area contributed by atoms with Crippen LogP contribution in [0.1, 0.15) is 20.3 Å². The van der Waals surface area contributed by atoms with E-state index in [4.69, 9.17) is 5.11 Å². The molecule has 0 aliphatic carbocycles. The van der Waals surface area contributed by atoms with Crippen molar-refractivity contribution in [3.8, 4) is 0 Å². The lowest BCUT2D eigenvalue weighted by Gasteiger charge is -2.15. The van der Waals surface area contributed by atoms with Crippen LogP contribution >= 0.6 is 0 Å². The molecule has 1 rings (SSSR count). The van der Waals surface area contributed by atoms with Gasteiger partial charge in [0.25, 0.3) is 0 Å². The van der Waals surface area contributed by atoms with E-state index < -0.39 is 0 Å². The summed E-state index contributed by atoms with van der Waals surface area (Å²) in [6, 6.07) is -0.0959. The zero-order valence-electron chi connectivity index (χ0n) is 11.4. The molecule has 0 fully saturated rings. The van der Waals surface area contributed by atoms with Crippen LogP contribution in [0.5, 0.6) is 0 Å². The van der Waals surface area contributed by atoms with Crippen molar-refractivity contribution in [3.05, 3.63) is 0 Å². The van der Waals surface area contributed by atoms with Crippen LogP contribution in [0.15, 0.2) is 0 Å². The molecule has 0 saturated carbocycles. The number of anilines is 3. The zero-order chi connectivity index (χ0) is 13.5. The van der Waals surface area contributed by atoms with Crippen molar-refractivity contribution in [1.29, 1.82) is 0 Å². The highest BCUT2D eigenvalue weighted by atomic mass is 16.3. The van der Waals surface area contributed by atoms with E-state index in [0.29, 0.717) is 17.8 Å². The lowest BCUT2D eigenvalue weighted by Crippen LogP contribution is -2.23. The Balaban J connectivity index is 2.90. The summed E-state index contributed by atoms with van der Waals surface area (Å²) in [7, 11) is 3.75. The molecule has 0 spiro atoms. The summed E-state index contributed by atoms with van der Waals surface area (Å²) in [6.07, 6.45) is 0.999. The minimum absolute atomic E-state index is 0.0285. The smallest absolute Gasteiger partial charge is 0.231 e. The predicted molar refractivity (Wildman–Crippen MR) is 73.1 cm³/mol. The SMILES string of the molecule is CCCNc1nc(NC(C)CO)nc(N(C)C)n1. The number of hydrogen-bond acceptors (Lipinski definition) is 7. The van der Waals surface area contributed by atoms with Crippen LogP contribution in [0.3, 0.4) is 0 Å². The standard InChI is InChI=1S/C11H22N6O/c1-5-6-12-9-14-10(13-8(2)7-18)16-11(15-9)17(3)4/h8,18H,5-7H2,1-4H3,(H2,12,13,14,15,16). The maximum absolute atomic E-state index is 9.03. The molecule has 0 bridgehead atoms. The van der Waals surface area contributed by atoms with Crippen LogP contribution in [0.25, 0.3) is 0 Å². The highest BCUT2D eigenvalue weighted by Crippen LogP contribution is 2.12. The molecular weight excluding hydrogens is 232 g/mol. The Kier molecular flexibility index (Phi) is 5.57. The molecule has 0 radical (unpaired) electrons. The zero-order valence-corrected chi connectivity index (χ0v) is 11.4. The maximum atomic E-state index is 9.03. The molecule has 1 aromatic rings. The molecule has 0 aromatic carbocycles. The fourth-order valence-corrected chi connectivity index (χ4v) is 1.21. The highest BCUT2D eigenvalue weighted by Gasteiger charge is 2.09. The van der Waals surface area contributed by atoms with Crippen molar-refractivity contribution in [2.24, 2.45) is 0 Å². The van der Waals surface area contributed by atoms with Gasteiger partial charge >= 0.3 is 0 Å². The van der Waals surface area contributed by atoms with Crippen LogP contribution in [-0.4, -0.2) is 53.3 Å². The molecule has 3 N–H and O–H groups in total. The Bertz CT molecular complexity index is 371. The summed E-state index contributed by atoms with van der Waals surface area (Å²) in [6.45, 7) is 4.78. The first-order valence-electron chi connectivity index (χ1n) is 6.11. The Morgan fingerprint density at radius 2 is 1.89 bits per heavy atom. The molecule has 18 heavy (non-hydrogen) atoms. The Labute approximate surface area is 108 Å². The van der Waals surface area contributed by atoms with Crippen LogP contribution in [-0.2, 0) is 0 Å². The monoisotopic (exact) mass is 254 g/mol. The fraction of sp³-hybridized carbons (Fsp3) is 0.727. The molecule has 1 atom stereocenters. The van der Waals surface area contributed by atoms with Crippen molar-refractivity contribution in [3.63, 3.8) is 0 Å². The molecule has 102 valence electrons. The molecule has 7 heteroatoms. The first-order chi connectivity index (χ1) is 8.56. The van der Waals surface area contributed by atoms with Crippen LogP contribution < -0.4 is 15.5 Å². The first kappa shape index (κ1) is 14.4. The molecule has 0 amide bonds. The van der Waals surface area contributed by atoms with Gasteiger partial charge in [0.2, 0.25) is 17.8 Å². The average molecular weight is 254 g/mol. The third-order valence-corrected chi connectivity index (χ3v) is 2.21. The second-order valence-corrected chi connectivity index (χ2v) is 4.33. The number of rotatable bonds is 7. The van der Waals surface area contributed by atoms with Crippen molar-refractivity contribution in [1.82, 2.24) is 15.0 Å². The van der Waals surface area contributed by atoms with E-state index in [1.807, 2.05) is 25.9 Å². The van der Waals surface area contributed by atoms with E-state index in [0.717, 1.165) is 13.0 Å². The van der Waals surface area contributed by atoms with Gasteiger partial charge in [-0.25, -0.2) is 0 Å². The number of nitrogens with one attached hydrogen (secondary N) is 2. The van der Waals surface area contributed by atoms with Gasteiger partial charge in [-0.1, -0.05) is 6.92 Å². The fourth-order valence-electron chi connectivity index (χ4n) is 1.21. The Morgan fingerprint density at radius 1 is 1.22 bits per heavy atom. The minimum Gasteiger partial charge on any atom is -0.394 e. The van der Waals surface area contributed by atoms with E-state index in [1.165, 1.54) is 0 Å². The summed E-state index contributed by atoms with van der Waals surface area (Å²) < 4.78 is 0. The van der Waals surface area contributed by atoms with Crippen molar-refractivity contribution < 1.29 is 5.11 Å². The summed E-state index contributed by atoms with van der Waals surface area (Å²) in [5.74, 6) is 1.59. The molecule has 1 unspecified atom stereocenters. The van der Waals surface area contributed by atoms with Crippen molar-refractivity contribution in [2.45, 2.75) is 26.3 Å². The first-order valence-corrected chi connectivity index (χ1v) is 6.11. The van der Waals surface area contributed by atoms with E-state index in [9.17, 15) is 0 Å². The van der Waals surface area contributed by atoms with Crippen LogP contribution in [0.2, 0.25) is 0 Å². The molecule has 0 saturated heterocycles. The predicted octanol–water partition coefficient (Wildman–Crippen LogP) is 0.552. The molecule has 0 aliphatic rings. The van der Waals surface area contributed by atoms with Gasteiger partial charge in [0.05, 0.1) is 6.61 Å². The number of hydrogen-bond donors (Lipinski definition) is 3. The largest absolute Gasteiger partial charge is 0.394 e. The minimum atomic E-state index is -0.0959. The number of aliphatic hydroxyl groups is 1. The van der Waals surface area contributed by atoms with E-state index >= 15 is 0 Å². The van der Waals surface area contributed by atoms with Crippen molar-refractivity contribution >= 4 is 17.8 Å². The molecule has 1 heterocycles. The van der Waals surface area contributed by atoms with Crippen LogP contribution in [0, 0.1) is 0 Å². The van der Waals surface area contributed by atoms with Crippen molar-refractivity contribution in [2.75, 3.05) is 42.8 Å². The van der Waals surface area contributed by atoms with Gasteiger partial charge < -0.3 is 20.6 Å². The number of nitrogens with zero attached hydrogens (tertiary/aromatic N) is 4. The van der Waals surface area contributed by atoms with Gasteiger partial charge in [0, 0.05) is 26.7 Å². The van der Waals surface area contributed by atoms with Gasteiger partial charge in [-0.15, -0.1) is 0 Å². The van der Waals surface area contributed by atoms with E-state index in [1.54, 1.807) is 0 Å². The summed E-state index contributed by atoms with van der Waals surface area (Å²) in [5.41, 5.74) is 0. The third-order valence-electron chi connectivity index (χ3n) is 2.21. The quantitative estimate of drug-likeness (QED) is 0.655. The van der Waals surface area contributed by atoms with E-state index in [-0.39, 0.29) is 12.6 Å². The van der Waals surface area contributed by atoms with Gasteiger partial charge in [-0.2, -0.15) is 15.0 Å². The molecular formula is C11H22N6O. The lowest BCUT2D eigenvalue weighted by atomic mass is 10.4. The van der Waals surface area contributed by atoms with Gasteiger partial charge in [0.15, 0.2) is 0 Å². The van der Waals surface area contributed by atoms with Crippen LogP contribution in [0.4, 0.5) is 17.8 Å². The second kappa shape index (κ2) is 6.95. The lowest BCUT2D eigenvalue weighted by molar-refractivity contribution is 0.281. The third kappa shape index (κ3) is 4.33. The number of aromatic nitrogens is 3. The van der Waals surface area contributed by atoms with Gasteiger partial charge in [0.1, 0.15) is 0 Å². The molecule has 0 aliphatic heterocycles. The van der Waals surface area contributed by atoms with E-state index in [2.05, 4.69) is 32.5 Å². The summed E-state index contributed by atoms with van der Waals surface area (Å²) >= 11 is 0. The summed E-state index contributed by atoms with van der Waals surface area (Å²) in [4.78, 5) is 14.6. The summed E-state index contributed by atoms with van der Waals surface area (Å²) in [5, 5.41) is 15.2. The topological polar surface area (TPSA) is 86.2 Å². The normalized spacial score (nSPS) is 12.1. The Morgan fingerprint density at radius 3 is 2.44 bits per heavy atom. The molecule has 1 aromatic heterocycles.